The van der Waals surface area contributed by atoms with Crippen molar-refractivity contribution in [2.45, 2.75) is 4.90 Å². The van der Waals surface area contributed by atoms with Crippen molar-refractivity contribution in [2.24, 2.45) is 10.8 Å². The van der Waals surface area contributed by atoms with E-state index in [1.165, 1.54) is 13.1 Å². The molecule has 6 N–H and O–H groups in total. The predicted octanol–water partition coefficient (Wildman–Crippen LogP) is -0.472. The molecule has 0 saturated carbocycles. The Labute approximate surface area is 115 Å². The van der Waals surface area contributed by atoms with Crippen molar-refractivity contribution in [3.05, 3.63) is 18.2 Å². The molecule has 0 fully saturated rings. The van der Waals surface area contributed by atoms with E-state index in [1.54, 1.807) is 6.07 Å². The summed E-state index contributed by atoms with van der Waals surface area (Å²) >= 11 is 0. The fourth-order valence-corrected chi connectivity index (χ4v) is 1.91. The third-order valence-corrected chi connectivity index (χ3v) is 3.61. The first-order chi connectivity index (χ1) is 9.31. The quantitative estimate of drug-likeness (QED) is 0.213. The summed E-state index contributed by atoms with van der Waals surface area (Å²) in [5.41, 5.74) is 6.93. The largest absolute Gasteiger partial charge is 0.506 e. The number of aromatic hydroxyl groups is 1. The summed E-state index contributed by atoms with van der Waals surface area (Å²) in [6.45, 7) is 0. The Morgan fingerprint density at radius 2 is 2.20 bits per heavy atom. The van der Waals surface area contributed by atoms with Gasteiger partial charge < -0.3 is 10.8 Å². The van der Waals surface area contributed by atoms with Crippen LogP contribution in [0.25, 0.3) is 0 Å². The highest BCUT2D eigenvalue weighted by atomic mass is 32.2. The van der Waals surface area contributed by atoms with E-state index in [4.69, 9.17) is 16.4 Å². The number of nitrogens with zero attached hydrogens (tertiary/aromatic N) is 2. The number of phenolic OH excluding ortho intramolecular Hbond substituents is 1. The summed E-state index contributed by atoms with van der Waals surface area (Å²) in [5.74, 6) is -0.830. The molecule has 9 nitrogen and oxygen atoms in total. The van der Waals surface area contributed by atoms with Crippen LogP contribution in [0.4, 0.5) is 5.69 Å². The van der Waals surface area contributed by atoms with E-state index in [-0.39, 0.29) is 16.3 Å². The maximum absolute atomic E-state index is 11.6. The van der Waals surface area contributed by atoms with Gasteiger partial charge in [-0.2, -0.15) is 10.4 Å². The van der Waals surface area contributed by atoms with E-state index in [0.717, 1.165) is 12.1 Å². The van der Waals surface area contributed by atoms with Crippen LogP contribution in [0, 0.1) is 16.7 Å². The highest BCUT2D eigenvalue weighted by Crippen LogP contribution is 2.26. The van der Waals surface area contributed by atoms with Crippen LogP contribution in [-0.4, -0.2) is 32.1 Å². The van der Waals surface area contributed by atoms with Gasteiger partial charge in [0, 0.05) is 0 Å². The van der Waals surface area contributed by atoms with Crippen LogP contribution >= 0.6 is 0 Å². The topological polar surface area (TPSA) is 164 Å². The molecule has 0 aliphatic carbocycles. The Kier molecular flexibility index (Phi) is 4.63. The lowest BCUT2D eigenvalue weighted by atomic mass is 10.3. The van der Waals surface area contributed by atoms with E-state index in [0.29, 0.717) is 0 Å². The van der Waals surface area contributed by atoms with Crippen LogP contribution in [0.2, 0.25) is 0 Å². The molecule has 1 aromatic carbocycles. The molecule has 0 unspecified atom stereocenters. The number of sulfonamides is 1. The average molecular weight is 296 g/mol. The molecular formula is C10H12N6O3S. The third kappa shape index (κ3) is 3.44. The van der Waals surface area contributed by atoms with Crippen molar-refractivity contribution in [3.8, 4) is 11.8 Å². The van der Waals surface area contributed by atoms with E-state index < -0.39 is 21.6 Å². The normalized spacial score (nSPS) is 11.7. The number of amidine groups is 1. The number of nitrogens with one attached hydrogen (secondary N) is 3. The molecule has 0 bridgehead atoms. The van der Waals surface area contributed by atoms with Crippen LogP contribution in [0.1, 0.15) is 0 Å². The first kappa shape index (κ1) is 15.4. The van der Waals surface area contributed by atoms with Gasteiger partial charge >= 0.3 is 0 Å². The Hall–Kier alpha value is -2.64. The smallest absolute Gasteiger partial charge is 0.240 e. The fourth-order valence-electron chi connectivity index (χ4n) is 1.15. The van der Waals surface area contributed by atoms with Gasteiger partial charge in [-0.15, -0.1) is 0 Å². The summed E-state index contributed by atoms with van der Waals surface area (Å²) in [6.07, 6.45) is 0. The van der Waals surface area contributed by atoms with Crippen LogP contribution in [-0.2, 0) is 10.0 Å². The maximum atomic E-state index is 11.6. The molecule has 1 rings (SSSR count). The Balaban J connectivity index is 3.18. The van der Waals surface area contributed by atoms with Crippen LogP contribution in [0.5, 0.6) is 5.75 Å². The number of rotatable bonds is 5. The molecule has 0 saturated heterocycles. The number of nitrogens with two attached hydrogens (primary N) is 1. The monoisotopic (exact) mass is 296 g/mol. The number of phenols is 1. The van der Waals surface area contributed by atoms with Crippen LogP contribution in [0.15, 0.2) is 28.2 Å². The lowest BCUT2D eigenvalue weighted by Crippen LogP contribution is -2.22. The van der Waals surface area contributed by atoms with Crippen LogP contribution in [0.3, 0.4) is 0 Å². The SMILES string of the molecule is CNS(=O)(=O)c1ccc(O)c(N/N=C(\C#N)C(=N)N)c1. The van der Waals surface area contributed by atoms with Crippen molar-refractivity contribution in [2.75, 3.05) is 12.5 Å². The van der Waals surface area contributed by atoms with E-state index in [1.807, 2.05) is 0 Å². The van der Waals surface area contributed by atoms with Gasteiger partial charge in [0.1, 0.15) is 11.8 Å². The second-order valence-corrected chi connectivity index (χ2v) is 5.37. The second-order valence-electron chi connectivity index (χ2n) is 3.48. The number of hydrazone groups is 1. The Bertz CT molecular complexity index is 704. The van der Waals surface area contributed by atoms with E-state index in [9.17, 15) is 13.5 Å². The molecule has 0 heterocycles. The van der Waals surface area contributed by atoms with Gasteiger partial charge in [-0.3, -0.25) is 10.8 Å². The van der Waals surface area contributed by atoms with Gasteiger partial charge in [-0.05, 0) is 25.2 Å². The van der Waals surface area contributed by atoms with Crippen LogP contribution < -0.4 is 15.9 Å². The maximum Gasteiger partial charge on any atom is 0.240 e. The zero-order valence-corrected chi connectivity index (χ0v) is 11.2. The molecule has 20 heavy (non-hydrogen) atoms. The molecule has 10 heteroatoms. The zero-order chi connectivity index (χ0) is 15.3. The number of hydrogen-bond donors (Lipinski definition) is 5. The minimum absolute atomic E-state index is 0.0460. The Morgan fingerprint density at radius 1 is 1.55 bits per heavy atom. The highest BCUT2D eigenvalue weighted by Gasteiger charge is 2.14. The van der Waals surface area contributed by atoms with Crippen molar-refractivity contribution in [1.29, 1.82) is 10.7 Å². The van der Waals surface area contributed by atoms with Gasteiger partial charge in [-0.25, -0.2) is 13.1 Å². The molecule has 0 aliphatic rings. The lowest BCUT2D eigenvalue weighted by molar-refractivity contribution is 0.477. The number of benzene rings is 1. The number of nitriles is 1. The highest BCUT2D eigenvalue weighted by molar-refractivity contribution is 7.89. The molecule has 0 spiro atoms. The summed E-state index contributed by atoms with van der Waals surface area (Å²) < 4.78 is 25.3. The molecule has 0 aromatic heterocycles. The molecule has 106 valence electrons. The van der Waals surface area contributed by atoms with Crippen molar-refractivity contribution < 1.29 is 13.5 Å². The predicted molar refractivity (Wildman–Crippen MR) is 72.9 cm³/mol. The van der Waals surface area contributed by atoms with E-state index in [2.05, 4.69) is 15.2 Å². The van der Waals surface area contributed by atoms with Gasteiger partial charge in [0.05, 0.1) is 10.6 Å². The standard InChI is InChI=1S/C10H12N6O3S/c1-14-20(18,19)6-2-3-9(17)7(4-6)15-16-8(5-11)10(12)13/h2-4,14-15,17H,1H3,(H3,12,13)/b16-8+. The van der Waals surface area contributed by atoms with Gasteiger partial charge in [0.2, 0.25) is 15.7 Å². The summed E-state index contributed by atoms with van der Waals surface area (Å²) in [6, 6.07) is 5.05. The molecule has 0 atom stereocenters. The average Bonchev–Trinajstić information content (AvgIpc) is 2.40. The van der Waals surface area contributed by atoms with Crippen molar-refractivity contribution in [3.63, 3.8) is 0 Å². The Morgan fingerprint density at radius 3 is 2.70 bits per heavy atom. The molecule has 1 aromatic rings. The molecular weight excluding hydrogens is 284 g/mol. The van der Waals surface area contributed by atoms with Crippen molar-refractivity contribution >= 4 is 27.3 Å². The first-order valence-electron chi connectivity index (χ1n) is 5.16. The first-order valence-corrected chi connectivity index (χ1v) is 6.65. The molecule has 0 radical (unpaired) electrons. The molecule has 0 aliphatic heterocycles. The lowest BCUT2D eigenvalue weighted by Gasteiger charge is -2.07. The summed E-state index contributed by atoms with van der Waals surface area (Å²) in [7, 11) is -2.43. The third-order valence-electron chi connectivity index (χ3n) is 2.20. The van der Waals surface area contributed by atoms with E-state index >= 15 is 0 Å². The number of hydrogen-bond acceptors (Lipinski definition) is 7. The van der Waals surface area contributed by atoms with Gasteiger partial charge in [0.25, 0.3) is 0 Å². The molecule has 0 amide bonds. The van der Waals surface area contributed by atoms with Crippen molar-refractivity contribution in [1.82, 2.24) is 4.72 Å². The summed E-state index contributed by atoms with van der Waals surface area (Å²) in [5, 5.41) is 28.8. The minimum atomic E-state index is -3.68. The van der Waals surface area contributed by atoms with Gasteiger partial charge in [0.15, 0.2) is 5.84 Å². The van der Waals surface area contributed by atoms with Gasteiger partial charge in [-0.1, -0.05) is 0 Å². The second kappa shape index (κ2) is 6.00. The summed E-state index contributed by atoms with van der Waals surface area (Å²) in [4.78, 5) is -0.100. The fraction of sp³-hybridized carbons (Fsp3) is 0.100. The minimum Gasteiger partial charge on any atom is -0.506 e. The zero-order valence-electron chi connectivity index (χ0n) is 10.4. The number of anilines is 1.